The molecule has 41 heavy (non-hydrogen) atoms. The van der Waals surface area contributed by atoms with E-state index in [0.717, 1.165) is 54.5 Å². The third kappa shape index (κ3) is 9.57. The number of aromatic nitrogens is 2. The molecule has 218 valence electrons. The second kappa shape index (κ2) is 16.3. The molecule has 0 saturated carbocycles. The van der Waals surface area contributed by atoms with E-state index in [1.54, 1.807) is 13.2 Å². The van der Waals surface area contributed by atoms with Crippen LogP contribution in [-0.4, -0.2) is 41.7 Å². The number of benzene rings is 2. The molecule has 1 heterocycles. The summed E-state index contributed by atoms with van der Waals surface area (Å²) < 4.78 is 12.8. The van der Waals surface area contributed by atoms with E-state index in [2.05, 4.69) is 18.8 Å². The van der Waals surface area contributed by atoms with Crippen LogP contribution in [0.1, 0.15) is 72.2 Å². The van der Waals surface area contributed by atoms with Crippen molar-refractivity contribution in [3.63, 3.8) is 0 Å². The molecule has 0 aliphatic carbocycles. The Morgan fingerprint density at radius 2 is 1.90 bits per heavy atom. The minimum atomic E-state index is -0.103. The number of methoxy groups -OCH3 is 1. The number of amides is 1. The number of fused-ring (bicyclic) bond motifs is 1. The Hall–Kier alpha value is -3.97. The lowest BCUT2D eigenvalue weighted by atomic mass is 9.95. The van der Waals surface area contributed by atoms with Crippen LogP contribution in [0.3, 0.4) is 0 Å². The van der Waals surface area contributed by atoms with Crippen molar-refractivity contribution in [2.75, 3.05) is 20.3 Å². The zero-order valence-electron chi connectivity index (χ0n) is 24.8. The summed E-state index contributed by atoms with van der Waals surface area (Å²) in [4.78, 5) is 25.4. The summed E-state index contributed by atoms with van der Waals surface area (Å²) in [6.07, 6.45) is 13.7. The van der Waals surface area contributed by atoms with Gasteiger partial charge in [0.25, 0.3) is 5.91 Å². The quantitative estimate of drug-likeness (QED) is 0.0820. The number of carbonyl (C=O) groups is 2. The van der Waals surface area contributed by atoms with Gasteiger partial charge in [-0.3, -0.25) is 14.3 Å². The second-order valence-corrected chi connectivity index (χ2v) is 10.3. The topological polar surface area (TPSA) is 82.5 Å². The number of hydrogen-bond donors (Lipinski definition) is 1. The minimum Gasteiger partial charge on any atom is -0.462 e. The molecule has 0 radical (unpaired) electrons. The molecule has 1 N–H and O–H groups in total. The van der Waals surface area contributed by atoms with Crippen molar-refractivity contribution in [3.8, 4) is 5.75 Å². The number of Topliss-reactive ketones (excluding diaryl/α,β-unsaturated/α-hetero) is 1. The van der Waals surface area contributed by atoms with Crippen LogP contribution in [0.4, 0.5) is 0 Å². The molecule has 1 aromatic heterocycles. The van der Waals surface area contributed by atoms with Crippen molar-refractivity contribution in [2.45, 2.75) is 59.4 Å². The summed E-state index contributed by atoms with van der Waals surface area (Å²) in [7, 11) is 1.61. The van der Waals surface area contributed by atoms with Crippen LogP contribution in [0.25, 0.3) is 10.9 Å². The zero-order valence-corrected chi connectivity index (χ0v) is 24.8. The van der Waals surface area contributed by atoms with Crippen LogP contribution in [-0.2, 0) is 11.3 Å². The smallest absolute Gasteiger partial charge is 0.251 e. The fraction of sp³-hybridized carbons (Fsp3) is 0.382. The van der Waals surface area contributed by atoms with E-state index < -0.39 is 0 Å². The first-order chi connectivity index (χ1) is 19.9. The summed E-state index contributed by atoms with van der Waals surface area (Å²) in [6.45, 7) is 11.4. The third-order valence-electron chi connectivity index (χ3n) is 7.03. The fourth-order valence-corrected chi connectivity index (χ4v) is 4.88. The average molecular weight is 558 g/mol. The van der Waals surface area contributed by atoms with Crippen molar-refractivity contribution in [3.05, 3.63) is 95.9 Å². The summed E-state index contributed by atoms with van der Waals surface area (Å²) in [6, 6.07) is 11.1. The zero-order chi connectivity index (χ0) is 29.6. The van der Waals surface area contributed by atoms with E-state index in [9.17, 15) is 9.59 Å². The Kier molecular flexibility index (Phi) is 12.6. The van der Waals surface area contributed by atoms with Gasteiger partial charge in [-0.2, -0.15) is 5.10 Å². The molecule has 3 rings (SSSR count). The van der Waals surface area contributed by atoms with E-state index in [1.165, 1.54) is 0 Å². The minimum absolute atomic E-state index is 0.103. The molecular weight excluding hydrogens is 514 g/mol. The molecular formula is C34H43N3O4. The molecule has 0 aliphatic rings. The number of nitrogens with zero attached hydrogens (tertiary/aromatic N) is 2. The van der Waals surface area contributed by atoms with Gasteiger partial charge < -0.3 is 14.8 Å². The molecule has 1 atom stereocenters. The molecule has 1 unspecified atom stereocenters. The van der Waals surface area contributed by atoms with Crippen LogP contribution in [0.5, 0.6) is 5.75 Å². The van der Waals surface area contributed by atoms with Crippen molar-refractivity contribution in [2.24, 2.45) is 5.92 Å². The number of aryl methyl sites for hydroxylation is 1. The molecule has 7 heteroatoms. The molecule has 0 fully saturated rings. The summed E-state index contributed by atoms with van der Waals surface area (Å²) in [5.74, 6) is 1.91. The molecule has 1 amide bonds. The largest absolute Gasteiger partial charge is 0.462 e. The van der Waals surface area contributed by atoms with E-state index >= 15 is 0 Å². The van der Waals surface area contributed by atoms with Crippen LogP contribution < -0.4 is 10.1 Å². The van der Waals surface area contributed by atoms with Crippen LogP contribution >= 0.6 is 0 Å². The normalized spacial score (nSPS) is 12.5. The number of ether oxygens (including phenoxy) is 2. The maximum atomic E-state index is 12.8. The summed E-state index contributed by atoms with van der Waals surface area (Å²) in [5.41, 5.74) is 3.17. The van der Waals surface area contributed by atoms with Crippen molar-refractivity contribution in [1.82, 2.24) is 15.1 Å². The number of allylic oxidation sites excluding steroid dienone is 5. The molecule has 3 aromatic rings. The van der Waals surface area contributed by atoms with Gasteiger partial charge in [0, 0.05) is 49.3 Å². The van der Waals surface area contributed by atoms with Crippen molar-refractivity contribution >= 4 is 22.6 Å². The van der Waals surface area contributed by atoms with Gasteiger partial charge in [-0.15, -0.1) is 0 Å². The van der Waals surface area contributed by atoms with Gasteiger partial charge in [-0.1, -0.05) is 38.2 Å². The van der Waals surface area contributed by atoms with Gasteiger partial charge in [0.2, 0.25) is 0 Å². The third-order valence-corrected chi connectivity index (χ3v) is 7.03. The highest BCUT2D eigenvalue weighted by Crippen LogP contribution is 2.24. The molecule has 0 spiro atoms. The Bertz CT molecular complexity index is 1370. The first-order valence-electron chi connectivity index (χ1n) is 14.4. The van der Waals surface area contributed by atoms with Gasteiger partial charge in [-0.25, -0.2) is 0 Å². The molecule has 7 nitrogen and oxygen atoms in total. The number of ketones is 1. The van der Waals surface area contributed by atoms with Gasteiger partial charge in [0.15, 0.2) is 5.78 Å². The van der Waals surface area contributed by atoms with Crippen LogP contribution in [0.2, 0.25) is 0 Å². The predicted octanol–water partition coefficient (Wildman–Crippen LogP) is 7.22. The maximum absolute atomic E-state index is 12.8. The lowest BCUT2D eigenvalue weighted by Crippen LogP contribution is -2.27. The first-order valence-corrected chi connectivity index (χ1v) is 14.4. The van der Waals surface area contributed by atoms with Gasteiger partial charge in [-0.05, 0) is 87.1 Å². The molecule has 0 bridgehead atoms. The van der Waals surface area contributed by atoms with Gasteiger partial charge in [0.05, 0.1) is 12.1 Å². The van der Waals surface area contributed by atoms with Crippen molar-refractivity contribution < 1.29 is 19.1 Å². The monoisotopic (exact) mass is 557 g/mol. The van der Waals surface area contributed by atoms with E-state index in [4.69, 9.17) is 14.6 Å². The number of carbonyl (C=O) groups excluding carboxylic acids is 2. The number of rotatable bonds is 17. The highest BCUT2D eigenvalue weighted by Gasteiger charge is 2.16. The SMILES string of the molecule is C=C/C=C\C=C(/C)Oc1ccc(C(=O)CCCC(CCC)Cn2cc3c(C)c(C(=O)NCCOC)ccc3n2)cc1. The summed E-state index contributed by atoms with van der Waals surface area (Å²) >= 11 is 0. The Morgan fingerprint density at radius 3 is 2.61 bits per heavy atom. The second-order valence-electron chi connectivity index (χ2n) is 10.3. The van der Waals surface area contributed by atoms with E-state index in [1.807, 2.05) is 79.4 Å². The number of nitrogens with one attached hydrogen (secondary N) is 1. The van der Waals surface area contributed by atoms with E-state index in [0.29, 0.717) is 42.4 Å². The maximum Gasteiger partial charge on any atom is 0.251 e. The molecule has 0 saturated heterocycles. The highest BCUT2D eigenvalue weighted by molar-refractivity contribution is 6.00. The highest BCUT2D eigenvalue weighted by atomic mass is 16.5. The predicted molar refractivity (Wildman–Crippen MR) is 165 cm³/mol. The van der Waals surface area contributed by atoms with Gasteiger partial charge >= 0.3 is 0 Å². The lowest BCUT2D eigenvalue weighted by Gasteiger charge is -2.16. The van der Waals surface area contributed by atoms with Crippen LogP contribution in [0, 0.1) is 12.8 Å². The van der Waals surface area contributed by atoms with E-state index in [-0.39, 0.29) is 11.7 Å². The molecule has 2 aromatic carbocycles. The van der Waals surface area contributed by atoms with Gasteiger partial charge in [0.1, 0.15) is 11.5 Å². The Morgan fingerprint density at radius 1 is 1.12 bits per heavy atom. The first kappa shape index (κ1) is 31.6. The fourth-order valence-electron chi connectivity index (χ4n) is 4.88. The summed E-state index contributed by atoms with van der Waals surface area (Å²) in [5, 5.41) is 8.66. The molecule has 0 aliphatic heterocycles. The lowest BCUT2D eigenvalue weighted by molar-refractivity contribution is 0.0935. The van der Waals surface area contributed by atoms with Crippen molar-refractivity contribution in [1.29, 1.82) is 0 Å². The standard InChI is InChI=1S/C34H43N3O4/c1-6-8-9-12-25(3)41-29-17-15-28(16-18-29)33(38)14-10-13-27(11-7-2)23-37-24-31-26(4)30(19-20-32(31)36-37)34(39)35-21-22-40-5/h6,8-9,12,15-20,24,27H,1,7,10-11,13-14,21-23H2,2-5H3,(H,35,39)/b9-8-,25-12+. The number of hydrogen-bond acceptors (Lipinski definition) is 5. The Balaban J connectivity index is 1.56. The Labute approximate surface area is 243 Å². The van der Waals surface area contributed by atoms with Crippen LogP contribution in [0.15, 0.2) is 79.2 Å². The average Bonchev–Trinajstić information content (AvgIpc) is 3.37.